The topological polar surface area (TPSA) is 60.9 Å². The van der Waals surface area contributed by atoms with E-state index in [1.807, 2.05) is 0 Å². The Morgan fingerprint density at radius 2 is 2.20 bits per heavy atom. The monoisotopic (exact) mass is 269 g/mol. The van der Waals surface area contributed by atoms with Gasteiger partial charge in [0.2, 0.25) is 0 Å². The van der Waals surface area contributed by atoms with Crippen LogP contribution in [-0.2, 0) is 17.6 Å². The highest BCUT2D eigenvalue weighted by molar-refractivity contribution is 5.58. The van der Waals surface area contributed by atoms with E-state index in [4.69, 9.17) is 5.73 Å². The van der Waals surface area contributed by atoms with Crippen LogP contribution in [0, 0.1) is 5.41 Å². The fourth-order valence-electron chi connectivity index (χ4n) is 3.41. The predicted octanol–water partition coefficient (Wildman–Crippen LogP) is 2.38. The molecule has 0 bridgehead atoms. The zero-order valence-electron chi connectivity index (χ0n) is 11.8. The van der Waals surface area contributed by atoms with Gasteiger partial charge in [0.05, 0.1) is 18.1 Å². The summed E-state index contributed by atoms with van der Waals surface area (Å²) < 4.78 is 2.08. The summed E-state index contributed by atoms with van der Waals surface area (Å²) in [5.41, 5.74) is 9.48. The van der Waals surface area contributed by atoms with Gasteiger partial charge in [-0.3, -0.25) is 0 Å². The van der Waals surface area contributed by atoms with Gasteiger partial charge < -0.3 is 15.1 Å². The molecule has 0 radical (unpaired) electrons. The summed E-state index contributed by atoms with van der Waals surface area (Å²) in [7, 11) is 0. The number of nitrogens with zero attached hydrogens (tertiary/aromatic N) is 2. The highest BCUT2D eigenvalue weighted by Crippen LogP contribution is 2.48. The van der Waals surface area contributed by atoms with Crippen molar-refractivity contribution >= 4 is 12.1 Å². The lowest BCUT2D eigenvalue weighted by Crippen LogP contribution is -2.25. The van der Waals surface area contributed by atoms with Gasteiger partial charge in [-0.2, -0.15) is 0 Å². The van der Waals surface area contributed by atoms with Gasteiger partial charge >= 0.3 is 0 Å². The quantitative estimate of drug-likeness (QED) is 0.870. The minimum absolute atomic E-state index is 0.0778. The molecule has 1 unspecified atom stereocenters. The predicted molar refractivity (Wildman–Crippen MR) is 78.5 cm³/mol. The number of rotatable bonds is 3. The van der Waals surface area contributed by atoms with E-state index in [0.717, 1.165) is 18.4 Å². The number of anilines is 1. The lowest BCUT2D eigenvalue weighted by Gasteiger charge is -2.30. The van der Waals surface area contributed by atoms with Crippen LogP contribution < -0.4 is 5.73 Å². The fraction of sp³-hybridized carbons (Fsp3) is 0.375. The first-order valence-corrected chi connectivity index (χ1v) is 6.87. The van der Waals surface area contributed by atoms with E-state index in [2.05, 4.69) is 47.7 Å². The Morgan fingerprint density at radius 1 is 1.45 bits per heavy atom. The van der Waals surface area contributed by atoms with Gasteiger partial charge in [-0.15, -0.1) is 0 Å². The summed E-state index contributed by atoms with van der Waals surface area (Å²) in [6.45, 7) is 4.50. The minimum Gasteiger partial charge on any atom is -0.382 e. The van der Waals surface area contributed by atoms with Crippen LogP contribution in [0.15, 0.2) is 30.6 Å². The zero-order chi connectivity index (χ0) is 14.3. The lowest BCUT2D eigenvalue weighted by molar-refractivity contribution is -0.107. The molecule has 0 saturated carbocycles. The zero-order valence-corrected chi connectivity index (χ0v) is 11.8. The van der Waals surface area contributed by atoms with E-state index in [9.17, 15) is 4.79 Å². The van der Waals surface area contributed by atoms with Crippen LogP contribution in [0.5, 0.6) is 0 Å². The van der Waals surface area contributed by atoms with Crippen molar-refractivity contribution < 1.29 is 4.79 Å². The molecule has 1 atom stereocenters. The molecule has 0 fully saturated rings. The van der Waals surface area contributed by atoms with Crippen molar-refractivity contribution in [1.29, 1.82) is 0 Å². The van der Waals surface area contributed by atoms with Gasteiger partial charge in [0, 0.05) is 6.42 Å². The van der Waals surface area contributed by atoms with Gasteiger partial charge in [0.15, 0.2) is 0 Å². The molecule has 0 amide bonds. The molecule has 3 rings (SSSR count). The third-order valence-electron chi connectivity index (χ3n) is 4.22. The summed E-state index contributed by atoms with van der Waals surface area (Å²) in [6.07, 6.45) is 3.98. The Hall–Kier alpha value is -2.10. The molecule has 104 valence electrons. The number of hydrogen-bond donors (Lipinski definition) is 1. The Balaban J connectivity index is 2.16. The Labute approximate surface area is 118 Å². The number of fused-ring (bicyclic) bond motifs is 1. The van der Waals surface area contributed by atoms with Gasteiger partial charge in [-0.25, -0.2) is 4.98 Å². The molecule has 1 aromatic carbocycles. The number of carbonyl (C=O) groups excluding carboxylic acids is 1. The average molecular weight is 269 g/mol. The summed E-state index contributed by atoms with van der Waals surface area (Å²) in [5, 5.41) is 0. The second kappa shape index (κ2) is 4.47. The van der Waals surface area contributed by atoms with Crippen molar-refractivity contribution in [2.24, 2.45) is 5.41 Å². The number of aldehydes is 1. The molecule has 20 heavy (non-hydrogen) atoms. The molecule has 0 saturated heterocycles. The van der Waals surface area contributed by atoms with Crippen LogP contribution in [0.2, 0.25) is 0 Å². The first-order chi connectivity index (χ1) is 9.54. The van der Waals surface area contributed by atoms with Crippen LogP contribution in [-0.4, -0.2) is 15.8 Å². The molecule has 0 aliphatic heterocycles. The molecular weight excluding hydrogens is 250 g/mol. The number of benzene rings is 1. The lowest BCUT2D eigenvalue weighted by atomic mass is 9.85. The normalized spacial score (nSPS) is 19.8. The van der Waals surface area contributed by atoms with Crippen molar-refractivity contribution in [2.45, 2.75) is 32.7 Å². The highest BCUT2D eigenvalue weighted by atomic mass is 16.1. The van der Waals surface area contributed by atoms with E-state index in [1.54, 1.807) is 6.33 Å². The smallest absolute Gasteiger partial charge is 0.145 e. The maximum Gasteiger partial charge on any atom is 0.145 e. The Kier molecular flexibility index (Phi) is 2.89. The number of nitrogen functional groups attached to an aromatic ring is 1. The van der Waals surface area contributed by atoms with E-state index >= 15 is 0 Å². The Bertz CT molecular complexity index is 657. The largest absolute Gasteiger partial charge is 0.382 e. The molecule has 1 heterocycles. The Morgan fingerprint density at radius 3 is 2.95 bits per heavy atom. The van der Waals surface area contributed by atoms with Crippen molar-refractivity contribution in [3.8, 4) is 0 Å². The summed E-state index contributed by atoms with van der Waals surface area (Å²) in [6, 6.07) is 8.66. The molecule has 0 spiro atoms. The fourth-order valence-corrected chi connectivity index (χ4v) is 3.41. The number of aromatic nitrogens is 2. The molecule has 2 N–H and O–H groups in total. The standard InChI is InChI=1S/C16H19N3O/c1-16(2)9-11-5-3-4-6-12(11)14(16)19-10-18-15(17)13(19)7-8-20/h3-6,8,10,14H,7,9,17H2,1-2H3. The summed E-state index contributed by atoms with van der Waals surface area (Å²) in [5.74, 6) is 0.456. The molecule has 1 aromatic heterocycles. The van der Waals surface area contributed by atoms with Crippen LogP contribution in [0.3, 0.4) is 0 Å². The number of imidazole rings is 1. The van der Waals surface area contributed by atoms with Crippen LogP contribution >= 0.6 is 0 Å². The first-order valence-electron chi connectivity index (χ1n) is 6.87. The number of carbonyl (C=O) groups is 1. The van der Waals surface area contributed by atoms with Crippen molar-refractivity contribution in [1.82, 2.24) is 9.55 Å². The molecular formula is C16H19N3O. The third kappa shape index (κ3) is 1.83. The van der Waals surface area contributed by atoms with E-state index < -0.39 is 0 Å². The first kappa shape index (κ1) is 12.9. The van der Waals surface area contributed by atoms with Crippen LogP contribution in [0.25, 0.3) is 0 Å². The minimum atomic E-state index is 0.0778. The SMILES string of the molecule is CC1(C)Cc2ccccc2C1n1cnc(N)c1CC=O. The van der Waals surface area contributed by atoms with E-state index in [-0.39, 0.29) is 11.5 Å². The molecule has 4 nitrogen and oxygen atoms in total. The summed E-state index contributed by atoms with van der Waals surface area (Å²) in [4.78, 5) is 15.1. The van der Waals surface area contributed by atoms with Crippen molar-refractivity contribution in [3.63, 3.8) is 0 Å². The molecule has 1 aliphatic rings. The van der Waals surface area contributed by atoms with Gasteiger partial charge in [-0.05, 0) is 23.0 Å². The van der Waals surface area contributed by atoms with Gasteiger partial charge in [-0.1, -0.05) is 38.1 Å². The second-order valence-corrected chi connectivity index (χ2v) is 6.12. The highest BCUT2D eigenvalue weighted by Gasteiger charge is 2.40. The third-order valence-corrected chi connectivity index (χ3v) is 4.22. The second-order valence-electron chi connectivity index (χ2n) is 6.12. The van der Waals surface area contributed by atoms with Crippen molar-refractivity contribution in [3.05, 3.63) is 47.4 Å². The molecule has 1 aliphatic carbocycles. The maximum absolute atomic E-state index is 10.9. The number of hydrogen-bond acceptors (Lipinski definition) is 3. The van der Waals surface area contributed by atoms with Crippen LogP contribution in [0.4, 0.5) is 5.82 Å². The van der Waals surface area contributed by atoms with E-state index in [1.165, 1.54) is 11.1 Å². The average Bonchev–Trinajstić information content (AvgIpc) is 2.87. The molecule has 4 heteroatoms. The van der Waals surface area contributed by atoms with Crippen LogP contribution in [0.1, 0.15) is 36.7 Å². The molecule has 2 aromatic rings. The maximum atomic E-state index is 10.9. The summed E-state index contributed by atoms with van der Waals surface area (Å²) >= 11 is 0. The van der Waals surface area contributed by atoms with Gasteiger partial charge in [0.25, 0.3) is 0 Å². The van der Waals surface area contributed by atoms with Gasteiger partial charge in [0.1, 0.15) is 12.1 Å². The van der Waals surface area contributed by atoms with E-state index in [0.29, 0.717) is 12.2 Å². The number of nitrogens with two attached hydrogens (primary N) is 1. The van der Waals surface area contributed by atoms with Crippen molar-refractivity contribution in [2.75, 3.05) is 5.73 Å².